The number of carboxylic acid groups (broad SMARTS) is 1. The summed E-state index contributed by atoms with van der Waals surface area (Å²) in [6, 6.07) is -0.851. The van der Waals surface area contributed by atoms with E-state index >= 15 is 0 Å². The fourth-order valence-corrected chi connectivity index (χ4v) is 5.36. The van der Waals surface area contributed by atoms with Crippen molar-refractivity contribution in [2.45, 2.75) is 48.3 Å². The summed E-state index contributed by atoms with van der Waals surface area (Å²) >= 11 is 0. The first-order valence-electron chi connectivity index (χ1n) is 8.84. The van der Waals surface area contributed by atoms with Crippen LogP contribution < -0.4 is 0 Å². The monoisotopic (exact) mass is 379 g/mol. The molecular formula is C17H21N3O5S. The zero-order valence-electron chi connectivity index (χ0n) is 14.2. The smallest absolute Gasteiger partial charge is 0.328 e. The standard InChI is InChI=1S/C17H21N3O5S/c21-17(22)14(7-11-3-5-25-6-4-11)20-15-9-18-10-16(13(15)8-19-20)26(23,24)12-1-2-12/h8-12,14H,1-7H2,(H,21,22). The van der Waals surface area contributed by atoms with Crippen LogP contribution in [-0.2, 0) is 19.4 Å². The zero-order chi connectivity index (χ0) is 18.3. The maximum absolute atomic E-state index is 12.6. The van der Waals surface area contributed by atoms with Crippen molar-refractivity contribution in [3.63, 3.8) is 0 Å². The minimum atomic E-state index is -3.43. The summed E-state index contributed by atoms with van der Waals surface area (Å²) in [4.78, 5) is 16.1. The number of fused-ring (bicyclic) bond motifs is 1. The Morgan fingerprint density at radius 3 is 2.62 bits per heavy atom. The number of hydrogen-bond acceptors (Lipinski definition) is 6. The minimum absolute atomic E-state index is 0.152. The van der Waals surface area contributed by atoms with Gasteiger partial charge in [-0.1, -0.05) is 0 Å². The second-order valence-electron chi connectivity index (χ2n) is 7.05. The molecule has 0 spiro atoms. The lowest BCUT2D eigenvalue weighted by atomic mass is 9.92. The third kappa shape index (κ3) is 3.09. The molecule has 9 heteroatoms. The van der Waals surface area contributed by atoms with E-state index in [1.54, 1.807) is 0 Å². The van der Waals surface area contributed by atoms with Gasteiger partial charge < -0.3 is 9.84 Å². The predicted octanol–water partition coefficient (Wildman–Crippen LogP) is 1.81. The molecule has 2 fully saturated rings. The van der Waals surface area contributed by atoms with E-state index in [2.05, 4.69) is 10.1 Å². The van der Waals surface area contributed by atoms with Crippen LogP contribution in [0.5, 0.6) is 0 Å². The first kappa shape index (κ1) is 17.4. The number of sulfone groups is 1. The summed E-state index contributed by atoms with van der Waals surface area (Å²) in [6.45, 7) is 1.28. The molecule has 0 aromatic carbocycles. The second-order valence-corrected chi connectivity index (χ2v) is 9.25. The molecule has 2 aliphatic rings. The summed E-state index contributed by atoms with van der Waals surface area (Å²) in [5.41, 5.74) is 0.450. The number of rotatable bonds is 6. The van der Waals surface area contributed by atoms with Gasteiger partial charge in [-0.05, 0) is 38.0 Å². The molecule has 1 unspecified atom stereocenters. The van der Waals surface area contributed by atoms with Crippen LogP contribution >= 0.6 is 0 Å². The fourth-order valence-electron chi connectivity index (χ4n) is 3.57. The van der Waals surface area contributed by atoms with Gasteiger partial charge in [0.25, 0.3) is 0 Å². The number of hydrogen-bond donors (Lipinski definition) is 1. The summed E-state index contributed by atoms with van der Waals surface area (Å²) in [7, 11) is -3.43. The highest BCUT2D eigenvalue weighted by Gasteiger charge is 2.38. The summed E-state index contributed by atoms with van der Waals surface area (Å²) in [5, 5.41) is 14.1. The molecule has 0 amide bonds. The lowest BCUT2D eigenvalue weighted by molar-refractivity contribution is -0.142. The normalized spacial score (nSPS) is 20.3. The molecule has 1 aliphatic carbocycles. The lowest BCUT2D eigenvalue weighted by Gasteiger charge is -2.25. The number of aliphatic carboxylic acids is 1. The maximum atomic E-state index is 12.6. The van der Waals surface area contributed by atoms with Crippen molar-refractivity contribution in [1.29, 1.82) is 0 Å². The van der Waals surface area contributed by atoms with Crippen molar-refractivity contribution >= 4 is 26.7 Å². The number of pyridine rings is 1. The van der Waals surface area contributed by atoms with Crippen molar-refractivity contribution in [3.8, 4) is 0 Å². The van der Waals surface area contributed by atoms with Gasteiger partial charge in [0, 0.05) is 24.8 Å². The van der Waals surface area contributed by atoms with E-state index in [1.165, 1.54) is 23.3 Å². The van der Waals surface area contributed by atoms with E-state index in [0.717, 1.165) is 12.8 Å². The van der Waals surface area contributed by atoms with Crippen LogP contribution in [0.4, 0.5) is 0 Å². The number of carboxylic acids is 1. The highest BCUT2D eigenvalue weighted by molar-refractivity contribution is 7.92. The highest BCUT2D eigenvalue weighted by atomic mass is 32.2. The summed E-state index contributed by atoms with van der Waals surface area (Å²) < 4.78 is 32.0. The fraction of sp³-hybridized carbons (Fsp3) is 0.588. The molecule has 2 aromatic heterocycles. The topological polar surface area (TPSA) is 111 Å². The Bertz CT molecular complexity index is 929. The zero-order valence-corrected chi connectivity index (χ0v) is 15.1. The van der Waals surface area contributed by atoms with Crippen LogP contribution in [0.1, 0.15) is 38.1 Å². The van der Waals surface area contributed by atoms with Crippen LogP contribution in [0.25, 0.3) is 10.9 Å². The predicted molar refractivity (Wildman–Crippen MR) is 92.6 cm³/mol. The van der Waals surface area contributed by atoms with Crippen molar-refractivity contribution < 1.29 is 23.1 Å². The molecule has 0 bridgehead atoms. The van der Waals surface area contributed by atoms with Crippen molar-refractivity contribution in [1.82, 2.24) is 14.8 Å². The van der Waals surface area contributed by atoms with Crippen molar-refractivity contribution in [3.05, 3.63) is 18.6 Å². The van der Waals surface area contributed by atoms with Crippen molar-refractivity contribution in [2.75, 3.05) is 13.2 Å². The van der Waals surface area contributed by atoms with E-state index in [9.17, 15) is 18.3 Å². The molecule has 1 N–H and O–H groups in total. The molecule has 26 heavy (non-hydrogen) atoms. The van der Waals surface area contributed by atoms with Crippen LogP contribution in [0.15, 0.2) is 23.5 Å². The number of carbonyl (C=O) groups is 1. The number of aromatic nitrogens is 3. The third-order valence-corrected chi connectivity index (χ3v) is 7.52. The Kier molecular flexibility index (Phi) is 4.44. The molecule has 1 saturated carbocycles. The SMILES string of the molecule is O=C(O)C(CC1CCOCC1)n1ncc2c(S(=O)(=O)C3CC3)cncc21. The van der Waals surface area contributed by atoms with Crippen LogP contribution in [0, 0.1) is 5.92 Å². The van der Waals surface area contributed by atoms with E-state index in [1.807, 2.05) is 0 Å². The third-order valence-electron chi connectivity index (χ3n) is 5.24. The molecule has 2 aromatic rings. The quantitative estimate of drug-likeness (QED) is 0.814. The van der Waals surface area contributed by atoms with Gasteiger partial charge in [0.1, 0.15) is 6.04 Å². The second kappa shape index (κ2) is 6.62. The minimum Gasteiger partial charge on any atom is -0.480 e. The molecular weight excluding hydrogens is 358 g/mol. The Labute approximate surface area is 151 Å². The van der Waals surface area contributed by atoms with E-state index < -0.39 is 21.8 Å². The van der Waals surface area contributed by atoms with Gasteiger partial charge in [-0.3, -0.25) is 4.98 Å². The molecule has 8 nitrogen and oxygen atoms in total. The average molecular weight is 379 g/mol. The summed E-state index contributed by atoms with van der Waals surface area (Å²) in [5.74, 6) is -0.729. The molecule has 140 valence electrons. The van der Waals surface area contributed by atoms with Crippen LogP contribution in [0.3, 0.4) is 0 Å². The van der Waals surface area contributed by atoms with E-state index in [-0.39, 0.29) is 16.1 Å². The largest absolute Gasteiger partial charge is 0.480 e. The highest BCUT2D eigenvalue weighted by Crippen LogP contribution is 2.37. The molecule has 4 rings (SSSR count). The van der Waals surface area contributed by atoms with E-state index in [4.69, 9.17) is 4.74 Å². The van der Waals surface area contributed by atoms with Crippen LogP contribution in [-0.4, -0.2) is 52.7 Å². The first-order valence-corrected chi connectivity index (χ1v) is 10.4. The van der Waals surface area contributed by atoms with Gasteiger partial charge in [-0.15, -0.1) is 0 Å². The molecule has 3 heterocycles. The number of ether oxygens (including phenoxy) is 1. The molecule has 1 atom stereocenters. The van der Waals surface area contributed by atoms with Crippen LogP contribution in [0.2, 0.25) is 0 Å². The molecule has 1 aliphatic heterocycles. The maximum Gasteiger partial charge on any atom is 0.328 e. The van der Waals surface area contributed by atoms with Crippen molar-refractivity contribution in [2.24, 2.45) is 5.92 Å². The van der Waals surface area contributed by atoms with Gasteiger partial charge in [0.15, 0.2) is 9.84 Å². The van der Waals surface area contributed by atoms with E-state index in [0.29, 0.717) is 43.4 Å². The first-order chi connectivity index (χ1) is 12.5. The Morgan fingerprint density at radius 1 is 1.23 bits per heavy atom. The number of nitrogens with zero attached hydrogens (tertiary/aromatic N) is 3. The Balaban J connectivity index is 1.72. The lowest BCUT2D eigenvalue weighted by Crippen LogP contribution is -2.26. The van der Waals surface area contributed by atoms with Gasteiger partial charge in [-0.25, -0.2) is 17.9 Å². The van der Waals surface area contributed by atoms with Gasteiger partial charge in [0.05, 0.1) is 28.1 Å². The Hall–Kier alpha value is -2.00. The molecule has 0 radical (unpaired) electrons. The Morgan fingerprint density at radius 2 is 1.96 bits per heavy atom. The van der Waals surface area contributed by atoms with Gasteiger partial charge in [-0.2, -0.15) is 5.10 Å². The molecule has 1 saturated heterocycles. The summed E-state index contributed by atoms with van der Waals surface area (Å²) in [6.07, 6.45) is 7.69. The van der Waals surface area contributed by atoms with Gasteiger partial charge >= 0.3 is 5.97 Å². The average Bonchev–Trinajstić information content (AvgIpc) is 3.41. The van der Waals surface area contributed by atoms with Gasteiger partial charge in [0.2, 0.25) is 0 Å².